The lowest BCUT2D eigenvalue weighted by Gasteiger charge is -2.46. The van der Waals surface area contributed by atoms with Crippen LogP contribution in [0, 0.1) is 0 Å². The summed E-state index contributed by atoms with van der Waals surface area (Å²) in [5.74, 6) is -0.222. The molecule has 97 heavy (non-hydrogen) atoms. The normalized spacial score (nSPS) is 22.8. The van der Waals surface area contributed by atoms with Gasteiger partial charge < -0.3 is 65.1 Å². The van der Waals surface area contributed by atoms with Crippen LogP contribution in [0.2, 0.25) is 0 Å². The number of aliphatic hydroxyl groups excluding tert-OH is 8. The summed E-state index contributed by atoms with van der Waals surface area (Å²) in [6, 6.07) is -0.848. The topological polar surface area (TPSA) is 228 Å². The second-order valence-electron chi connectivity index (χ2n) is 27.1. The fraction of sp³-hybridized carbons (Fsp3) is 0.747. The smallest absolute Gasteiger partial charge is 0.220 e. The molecule has 0 saturated carbocycles. The van der Waals surface area contributed by atoms with Crippen molar-refractivity contribution in [2.24, 2.45) is 0 Å². The molecule has 2 fully saturated rings. The summed E-state index contributed by atoms with van der Waals surface area (Å²) in [6.45, 7) is 2.77. The molecule has 0 aromatic heterocycles. The zero-order chi connectivity index (χ0) is 70.1. The first kappa shape index (κ1) is 89.5. The summed E-state index contributed by atoms with van der Waals surface area (Å²) >= 11 is 0. The second-order valence-corrected chi connectivity index (χ2v) is 27.1. The lowest BCUT2D eigenvalue weighted by atomic mass is 9.97. The Kier molecular flexibility index (Phi) is 60.6. The van der Waals surface area contributed by atoms with E-state index in [1.54, 1.807) is 0 Å². The van der Waals surface area contributed by atoms with E-state index in [1.807, 2.05) is 0 Å². The molecular formula is C83H143NO13. The van der Waals surface area contributed by atoms with Crippen molar-refractivity contribution in [2.45, 2.75) is 376 Å². The molecule has 2 aliphatic rings. The number of amides is 1. The molecule has 0 aromatic carbocycles. The minimum absolute atomic E-state index is 0.222. The van der Waals surface area contributed by atoms with Gasteiger partial charge in [-0.05, 0) is 89.9 Å². The Bertz CT molecular complexity index is 2100. The zero-order valence-corrected chi connectivity index (χ0v) is 61.0. The van der Waals surface area contributed by atoms with Crippen LogP contribution < -0.4 is 5.32 Å². The van der Waals surface area contributed by atoms with Gasteiger partial charge in [0, 0.05) is 6.42 Å². The highest BCUT2D eigenvalue weighted by Crippen LogP contribution is 2.30. The maximum atomic E-state index is 13.4. The number of rotatable bonds is 64. The van der Waals surface area contributed by atoms with Gasteiger partial charge in [-0.3, -0.25) is 4.79 Å². The number of allylic oxidation sites excluding steroid dienone is 20. The Morgan fingerprint density at radius 1 is 0.381 bits per heavy atom. The van der Waals surface area contributed by atoms with Gasteiger partial charge in [-0.1, -0.05) is 328 Å². The van der Waals surface area contributed by atoms with E-state index in [0.29, 0.717) is 12.8 Å². The number of hydrogen-bond donors (Lipinski definition) is 9. The molecular weight excluding hydrogens is 1220 g/mol. The third-order valence-electron chi connectivity index (χ3n) is 18.4. The fourth-order valence-corrected chi connectivity index (χ4v) is 12.3. The molecule has 558 valence electrons. The number of aliphatic hydroxyl groups is 8. The Morgan fingerprint density at radius 3 is 1.09 bits per heavy atom. The third-order valence-corrected chi connectivity index (χ3v) is 18.4. The van der Waals surface area contributed by atoms with Crippen LogP contribution in [0.3, 0.4) is 0 Å². The number of hydrogen-bond acceptors (Lipinski definition) is 13. The summed E-state index contributed by atoms with van der Waals surface area (Å²) in [7, 11) is 0. The number of carbonyl (C=O) groups is 1. The maximum absolute atomic E-state index is 13.4. The molecule has 2 heterocycles. The van der Waals surface area contributed by atoms with Crippen molar-refractivity contribution in [3.63, 3.8) is 0 Å². The SMILES string of the molecule is CC/C=C\C/C=C\C/C=C\C/C=C\C/C=C\C/C=C\C/C=C\C/C=C\C/C=C\C/C=C\CCCCCCCCC(=O)NC(COC1OC(CO)C(OC2OC(CO)C(O)C(O)C2O)C(O)C1O)C(O)CCCCCCCCCCCCCCCCCCCCCCCCCCCC. The molecule has 0 radical (unpaired) electrons. The van der Waals surface area contributed by atoms with Crippen molar-refractivity contribution in [1.29, 1.82) is 0 Å². The largest absolute Gasteiger partial charge is 0.394 e. The molecule has 12 unspecified atom stereocenters. The van der Waals surface area contributed by atoms with E-state index in [9.17, 15) is 45.6 Å². The number of nitrogens with one attached hydrogen (secondary N) is 1. The van der Waals surface area contributed by atoms with Gasteiger partial charge in [-0.15, -0.1) is 0 Å². The monoisotopic (exact) mass is 1360 g/mol. The Hall–Kier alpha value is -3.61. The van der Waals surface area contributed by atoms with E-state index in [4.69, 9.17) is 18.9 Å². The minimum atomic E-state index is -1.79. The summed E-state index contributed by atoms with van der Waals surface area (Å²) in [5.41, 5.74) is 0. The summed E-state index contributed by atoms with van der Waals surface area (Å²) < 4.78 is 23.0. The van der Waals surface area contributed by atoms with Crippen molar-refractivity contribution < 1.29 is 64.6 Å². The predicted octanol–water partition coefficient (Wildman–Crippen LogP) is 17.6. The van der Waals surface area contributed by atoms with Crippen LogP contribution in [0.25, 0.3) is 0 Å². The maximum Gasteiger partial charge on any atom is 0.220 e. The van der Waals surface area contributed by atoms with Crippen LogP contribution in [0.15, 0.2) is 122 Å². The summed E-state index contributed by atoms with van der Waals surface area (Å²) in [6.07, 6.45) is 79.3. The number of ether oxygens (including phenoxy) is 4. The van der Waals surface area contributed by atoms with Crippen LogP contribution >= 0.6 is 0 Å². The highest BCUT2D eigenvalue weighted by molar-refractivity contribution is 5.76. The molecule has 2 aliphatic heterocycles. The highest BCUT2D eigenvalue weighted by atomic mass is 16.7. The predicted molar refractivity (Wildman–Crippen MR) is 401 cm³/mol. The van der Waals surface area contributed by atoms with E-state index in [1.165, 1.54) is 141 Å². The van der Waals surface area contributed by atoms with Crippen LogP contribution in [-0.2, 0) is 23.7 Å². The van der Waals surface area contributed by atoms with Gasteiger partial charge in [0.2, 0.25) is 5.91 Å². The molecule has 1 amide bonds. The minimum Gasteiger partial charge on any atom is -0.394 e. The van der Waals surface area contributed by atoms with Crippen molar-refractivity contribution in [1.82, 2.24) is 5.32 Å². The molecule has 2 rings (SSSR count). The van der Waals surface area contributed by atoms with Gasteiger partial charge in [-0.2, -0.15) is 0 Å². The van der Waals surface area contributed by atoms with E-state index in [-0.39, 0.29) is 18.9 Å². The Balaban J connectivity index is 1.65. The van der Waals surface area contributed by atoms with E-state index in [2.05, 4.69) is 141 Å². The average Bonchev–Trinajstić information content (AvgIpc) is 0.794. The van der Waals surface area contributed by atoms with Gasteiger partial charge in [0.1, 0.15) is 48.8 Å². The standard InChI is InChI=1S/C83H143NO13/c1-3-5-7-9-11-13-15-17-19-21-23-25-27-29-31-32-33-34-35-36-37-38-39-40-41-43-45-47-49-51-53-55-57-59-61-63-65-67-75(88)84-71(70-94-82-80(93)78(91)81(74(69-86)96-82)97-83-79(92)77(90)76(89)73(68-85)95-83)72(87)66-64-62-60-58-56-54-52-50-48-46-44-42-30-28-26-24-22-20-18-16-14-12-10-8-6-4-2/h5,7,11,13,17,19,23,25,29,31,33-34,36-37,39-40,43,45,49,51,71-74,76-83,85-87,89-93H,3-4,6,8-10,12,14-16,18,20-22,24,26-28,30,32,35,38,41-42,44,46-48,50,52-70H2,1-2H3,(H,84,88)/b7-5-,13-11-,19-17-,25-23-,31-29-,34-33-,37-36-,40-39-,45-43-,51-49-. The number of carbonyl (C=O) groups excluding carboxylic acids is 1. The van der Waals surface area contributed by atoms with Crippen molar-refractivity contribution in [2.75, 3.05) is 19.8 Å². The van der Waals surface area contributed by atoms with Gasteiger partial charge in [0.15, 0.2) is 12.6 Å². The molecule has 0 spiro atoms. The van der Waals surface area contributed by atoms with Gasteiger partial charge >= 0.3 is 0 Å². The van der Waals surface area contributed by atoms with E-state index < -0.39 is 86.8 Å². The summed E-state index contributed by atoms with van der Waals surface area (Å²) in [5, 5.41) is 87.8. The molecule has 2 saturated heterocycles. The van der Waals surface area contributed by atoms with Crippen LogP contribution in [-0.4, -0.2) is 140 Å². The number of unbranched alkanes of at least 4 members (excludes halogenated alkanes) is 31. The van der Waals surface area contributed by atoms with Crippen molar-refractivity contribution >= 4 is 5.91 Å². The quantitative estimate of drug-likeness (QED) is 0.0204. The van der Waals surface area contributed by atoms with Crippen molar-refractivity contribution in [3.8, 4) is 0 Å². The van der Waals surface area contributed by atoms with Crippen molar-refractivity contribution in [3.05, 3.63) is 122 Å². The first-order valence-corrected chi connectivity index (χ1v) is 39.3. The first-order valence-electron chi connectivity index (χ1n) is 39.3. The van der Waals surface area contributed by atoms with Gasteiger partial charge in [-0.25, -0.2) is 0 Å². The highest BCUT2D eigenvalue weighted by Gasteiger charge is 2.51. The molecule has 14 heteroatoms. The first-order chi connectivity index (χ1) is 47.6. The fourth-order valence-electron chi connectivity index (χ4n) is 12.3. The zero-order valence-electron chi connectivity index (χ0n) is 61.0. The molecule has 14 nitrogen and oxygen atoms in total. The van der Waals surface area contributed by atoms with Crippen LogP contribution in [0.5, 0.6) is 0 Å². The third kappa shape index (κ3) is 48.8. The molecule has 9 N–H and O–H groups in total. The van der Waals surface area contributed by atoms with Crippen LogP contribution in [0.1, 0.15) is 303 Å². The van der Waals surface area contributed by atoms with Gasteiger partial charge in [0.05, 0.1) is 32.0 Å². The lowest BCUT2D eigenvalue weighted by molar-refractivity contribution is -0.359. The van der Waals surface area contributed by atoms with E-state index in [0.717, 1.165) is 128 Å². The van der Waals surface area contributed by atoms with Crippen LogP contribution in [0.4, 0.5) is 0 Å². The Morgan fingerprint density at radius 2 is 0.711 bits per heavy atom. The van der Waals surface area contributed by atoms with E-state index >= 15 is 0 Å². The van der Waals surface area contributed by atoms with Gasteiger partial charge in [0.25, 0.3) is 0 Å². The Labute approximate surface area is 590 Å². The average molecular weight is 1360 g/mol. The molecule has 12 atom stereocenters. The summed E-state index contributed by atoms with van der Waals surface area (Å²) in [4.78, 5) is 13.4. The second kappa shape index (κ2) is 65.7. The molecule has 0 bridgehead atoms. The molecule has 0 aliphatic carbocycles. The molecule has 0 aromatic rings. The lowest BCUT2D eigenvalue weighted by Crippen LogP contribution is -2.65.